The summed E-state index contributed by atoms with van der Waals surface area (Å²) in [7, 11) is 1.78. The molecule has 0 amide bonds. The summed E-state index contributed by atoms with van der Waals surface area (Å²) in [5.41, 5.74) is 3.54. The van der Waals surface area contributed by atoms with Crippen LogP contribution in [0.2, 0.25) is 0 Å². The maximum atomic E-state index is 5.75. The van der Waals surface area contributed by atoms with Crippen LogP contribution in [0, 0.1) is 5.92 Å². The zero-order chi connectivity index (χ0) is 20.2. The van der Waals surface area contributed by atoms with Crippen LogP contribution < -0.4 is 4.74 Å². The number of halogens is 1. The molecule has 4 nitrogen and oxygen atoms in total. The van der Waals surface area contributed by atoms with Gasteiger partial charge in [-0.1, -0.05) is 45.2 Å². The first-order valence-electron chi connectivity index (χ1n) is 11.1. The average molecular weight is 448 g/mol. The lowest BCUT2D eigenvalue weighted by molar-refractivity contribution is 0.295. The summed E-state index contributed by atoms with van der Waals surface area (Å²) >= 11 is 1.77. The van der Waals surface area contributed by atoms with Crippen molar-refractivity contribution < 1.29 is 4.74 Å². The van der Waals surface area contributed by atoms with Crippen molar-refractivity contribution in [1.82, 2.24) is 14.5 Å². The maximum absolute atomic E-state index is 5.75. The number of hydrogen-bond acceptors (Lipinski definition) is 4. The van der Waals surface area contributed by atoms with E-state index in [0.717, 1.165) is 43.5 Å². The van der Waals surface area contributed by atoms with Crippen molar-refractivity contribution in [2.75, 3.05) is 20.2 Å². The molecule has 1 aromatic carbocycles. The Labute approximate surface area is 190 Å². The molecule has 1 fully saturated rings. The topological polar surface area (TPSA) is 30.3 Å². The number of hydrogen-bond donors (Lipinski definition) is 0. The fraction of sp³-hybridized carbons (Fsp3) is 0.542. The number of benzene rings is 1. The predicted octanol–water partition coefficient (Wildman–Crippen LogP) is 6.62. The van der Waals surface area contributed by atoms with Crippen molar-refractivity contribution in [3.63, 3.8) is 0 Å². The van der Waals surface area contributed by atoms with E-state index in [0.29, 0.717) is 0 Å². The van der Waals surface area contributed by atoms with Gasteiger partial charge in [0.2, 0.25) is 0 Å². The van der Waals surface area contributed by atoms with Crippen LogP contribution in [-0.4, -0.2) is 34.7 Å². The summed E-state index contributed by atoms with van der Waals surface area (Å²) in [6, 6.07) is 6.39. The van der Waals surface area contributed by atoms with Crippen LogP contribution in [0.4, 0.5) is 0 Å². The van der Waals surface area contributed by atoms with Crippen LogP contribution in [0.1, 0.15) is 51.0 Å². The van der Waals surface area contributed by atoms with E-state index in [-0.39, 0.29) is 12.4 Å². The van der Waals surface area contributed by atoms with E-state index in [9.17, 15) is 0 Å². The van der Waals surface area contributed by atoms with E-state index in [1.807, 2.05) is 0 Å². The fourth-order valence-corrected chi connectivity index (χ4v) is 5.47. The Kier molecular flexibility index (Phi) is 8.20. The summed E-state index contributed by atoms with van der Waals surface area (Å²) in [5.74, 6) is 1.73. The lowest BCUT2D eigenvalue weighted by atomic mass is 9.89. The molecular weight excluding hydrogens is 414 g/mol. The molecular formula is C24H34ClN3OS. The van der Waals surface area contributed by atoms with Gasteiger partial charge in [0.1, 0.15) is 10.8 Å². The maximum Gasteiger partial charge on any atom is 0.143 e. The van der Waals surface area contributed by atoms with Crippen LogP contribution in [0.25, 0.3) is 22.2 Å². The van der Waals surface area contributed by atoms with Crippen LogP contribution in [-0.2, 0) is 13.1 Å². The fourth-order valence-electron chi connectivity index (χ4n) is 4.63. The van der Waals surface area contributed by atoms with E-state index in [2.05, 4.69) is 53.1 Å². The Morgan fingerprint density at radius 3 is 2.63 bits per heavy atom. The molecule has 0 atom stereocenters. The third-order valence-corrected chi connectivity index (χ3v) is 7.18. The molecule has 0 aliphatic heterocycles. The lowest BCUT2D eigenvalue weighted by Gasteiger charge is -2.22. The minimum atomic E-state index is 0. The highest BCUT2D eigenvalue weighted by atomic mass is 35.5. The minimum Gasteiger partial charge on any atom is -0.495 e. The third-order valence-electron chi connectivity index (χ3n) is 6.34. The quantitative estimate of drug-likeness (QED) is 0.388. The van der Waals surface area contributed by atoms with Crippen molar-refractivity contribution in [3.8, 4) is 17.0 Å². The van der Waals surface area contributed by atoms with Crippen LogP contribution in [0.5, 0.6) is 5.75 Å². The smallest absolute Gasteiger partial charge is 0.143 e. The summed E-state index contributed by atoms with van der Waals surface area (Å²) in [6.07, 6.45) is 9.14. The van der Waals surface area contributed by atoms with Gasteiger partial charge >= 0.3 is 0 Å². The second kappa shape index (κ2) is 10.7. The Morgan fingerprint density at radius 1 is 1.17 bits per heavy atom. The Hall–Kier alpha value is -1.56. The molecule has 2 aromatic heterocycles. The van der Waals surface area contributed by atoms with Gasteiger partial charge in [-0.2, -0.15) is 0 Å². The molecule has 1 aliphatic carbocycles. The zero-order valence-electron chi connectivity index (χ0n) is 18.4. The largest absolute Gasteiger partial charge is 0.495 e. The summed E-state index contributed by atoms with van der Waals surface area (Å²) in [5, 5.41) is 4.66. The van der Waals surface area contributed by atoms with Crippen molar-refractivity contribution in [1.29, 1.82) is 0 Å². The van der Waals surface area contributed by atoms with Crippen LogP contribution in [0.3, 0.4) is 0 Å². The molecule has 0 saturated heterocycles. The molecule has 4 rings (SSSR count). The average Bonchev–Trinajstić information content (AvgIpc) is 3.37. The number of ether oxygens (including phenoxy) is 1. The van der Waals surface area contributed by atoms with Gasteiger partial charge in [0.15, 0.2) is 0 Å². The second-order valence-electron chi connectivity index (χ2n) is 8.14. The number of methoxy groups -OCH3 is 1. The Bertz CT molecular complexity index is 941. The number of para-hydroxylation sites is 1. The molecule has 0 radical (unpaired) electrons. The van der Waals surface area contributed by atoms with Gasteiger partial charge in [0.25, 0.3) is 0 Å². The Balaban J connectivity index is 0.00000256. The molecule has 1 saturated carbocycles. The second-order valence-corrected chi connectivity index (χ2v) is 9.09. The highest BCUT2D eigenvalue weighted by molar-refractivity contribution is 7.09. The van der Waals surface area contributed by atoms with E-state index < -0.39 is 0 Å². The normalized spacial score (nSPS) is 14.9. The summed E-state index contributed by atoms with van der Waals surface area (Å²) in [4.78, 5) is 7.42. The van der Waals surface area contributed by atoms with E-state index in [1.165, 1.54) is 53.6 Å². The molecule has 164 valence electrons. The van der Waals surface area contributed by atoms with Crippen molar-refractivity contribution in [2.45, 2.75) is 59.0 Å². The molecule has 0 N–H and O–H groups in total. The first kappa shape index (κ1) is 23.1. The standard InChI is InChI=1S/C24H33N3OS.ClH/c1-4-26(5-2)16-23-25-21(17-29-23)20-15-27(14-18-10-7-6-8-11-18)24-19(20)12-9-13-22(24)28-3;/h9,12-13,15,17-18H,4-8,10-11,14,16H2,1-3H3;1H. The SMILES string of the molecule is CCN(CC)Cc1nc(-c2cn(CC3CCCCC3)c3c(OC)cccc23)cs1.Cl. The first-order chi connectivity index (χ1) is 14.2. The molecule has 0 bridgehead atoms. The molecule has 0 unspecified atom stereocenters. The van der Waals surface area contributed by atoms with Crippen LogP contribution in [0.15, 0.2) is 29.8 Å². The van der Waals surface area contributed by atoms with Gasteiger partial charge in [-0.05, 0) is 37.9 Å². The van der Waals surface area contributed by atoms with Crippen molar-refractivity contribution in [2.24, 2.45) is 5.92 Å². The first-order valence-corrected chi connectivity index (χ1v) is 11.9. The molecule has 1 aliphatic rings. The van der Waals surface area contributed by atoms with Gasteiger partial charge in [0.05, 0.1) is 24.9 Å². The molecule has 6 heteroatoms. The monoisotopic (exact) mass is 447 g/mol. The van der Waals surface area contributed by atoms with E-state index in [1.54, 1.807) is 18.4 Å². The molecule has 30 heavy (non-hydrogen) atoms. The lowest BCUT2D eigenvalue weighted by Crippen LogP contribution is -2.21. The minimum absolute atomic E-state index is 0. The van der Waals surface area contributed by atoms with Gasteiger partial charge in [-0.15, -0.1) is 23.7 Å². The van der Waals surface area contributed by atoms with Gasteiger partial charge in [0, 0.05) is 29.1 Å². The van der Waals surface area contributed by atoms with Gasteiger partial charge in [-0.3, -0.25) is 4.90 Å². The highest BCUT2D eigenvalue weighted by Gasteiger charge is 2.20. The summed E-state index contributed by atoms with van der Waals surface area (Å²) < 4.78 is 8.18. The number of nitrogens with zero attached hydrogens (tertiary/aromatic N) is 3. The molecule has 3 aromatic rings. The van der Waals surface area contributed by atoms with Crippen molar-refractivity contribution >= 4 is 34.6 Å². The summed E-state index contributed by atoms with van der Waals surface area (Å²) in [6.45, 7) is 8.55. The Morgan fingerprint density at radius 2 is 1.93 bits per heavy atom. The molecule has 2 heterocycles. The van der Waals surface area contributed by atoms with Crippen molar-refractivity contribution in [3.05, 3.63) is 34.8 Å². The van der Waals surface area contributed by atoms with Gasteiger partial charge in [-0.25, -0.2) is 4.98 Å². The number of fused-ring (bicyclic) bond motifs is 1. The third kappa shape index (κ3) is 4.84. The number of thiazole rings is 1. The molecule has 0 spiro atoms. The van der Waals surface area contributed by atoms with Crippen LogP contribution >= 0.6 is 23.7 Å². The number of aromatic nitrogens is 2. The zero-order valence-corrected chi connectivity index (χ0v) is 20.0. The predicted molar refractivity (Wildman–Crippen MR) is 130 cm³/mol. The highest BCUT2D eigenvalue weighted by Crippen LogP contribution is 2.37. The van der Waals surface area contributed by atoms with Gasteiger partial charge < -0.3 is 9.30 Å². The number of rotatable bonds is 8. The van der Waals surface area contributed by atoms with E-state index >= 15 is 0 Å². The van der Waals surface area contributed by atoms with E-state index in [4.69, 9.17) is 9.72 Å².